The third kappa shape index (κ3) is 2.93. The number of nitrogens with zero attached hydrogens (tertiary/aromatic N) is 1. The van der Waals surface area contributed by atoms with Crippen molar-refractivity contribution in [3.63, 3.8) is 0 Å². The average Bonchev–Trinajstić information content (AvgIpc) is 3.34. The molecule has 1 fully saturated rings. The maximum Gasteiger partial charge on any atom is 0.150 e. The van der Waals surface area contributed by atoms with Gasteiger partial charge in [-0.1, -0.05) is 41.9 Å². The van der Waals surface area contributed by atoms with E-state index in [0.29, 0.717) is 22.2 Å². The SMILES string of the molecule is Nc1c(N(N)CC2CC2)ccc(-c2ccc(C=O)cc2)c1Cl. The minimum Gasteiger partial charge on any atom is -0.396 e. The van der Waals surface area contributed by atoms with Crippen LogP contribution in [0, 0.1) is 5.92 Å². The van der Waals surface area contributed by atoms with Gasteiger partial charge in [-0.25, -0.2) is 5.84 Å². The number of halogens is 1. The van der Waals surface area contributed by atoms with Crippen molar-refractivity contribution in [2.24, 2.45) is 11.8 Å². The van der Waals surface area contributed by atoms with Gasteiger partial charge in [0, 0.05) is 17.7 Å². The second kappa shape index (κ2) is 5.99. The van der Waals surface area contributed by atoms with Crippen LogP contribution in [0.5, 0.6) is 0 Å². The second-order valence-electron chi connectivity index (χ2n) is 5.70. The van der Waals surface area contributed by atoms with Crippen molar-refractivity contribution < 1.29 is 4.79 Å². The first-order valence-corrected chi connectivity index (χ1v) is 7.63. The van der Waals surface area contributed by atoms with Crippen LogP contribution < -0.4 is 16.6 Å². The summed E-state index contributed by atoms with van der Waals surface area (Å²) in [6, 6.07) is 11.0. The van der Waals surface area contributed by atoms with Crippen molar-refractivity contribution in [3.8, 4) is 11.1 Å². The predicted octanol–water partition coefficient (Wildman–Crippen LogP) is 3.49. The van der Waals surface area contributed by atoms with Crippen molar-refractivity contribution in [1.29, 1.82) is 0 Å². The quantitative estimate of drug-likeness (QED) is 0.383. The van der Waals surface area contributed by atoms with Crippen LogP contribution in [-0.2, 0) is 0 Å². The zero-order valence-corrected chi connectivity index (χ0v) is 12.9. The fourth-order valence-electron chi connectivity index (χ4n) is 2.47. The van der Waals surface area contributed by atoms with Gasteiger partial charge >= 0.3 is 0 Å². The molecule has 0 radical (unpaired) electrons. The first-order chi connectivity index (χ1) is 10.6. The third-order valence-electron chi connectivity index (χ3n) is 3.98. The van der Waals surface area contributed by atoms with E-state index in [4.69, 9.17) is 23.2 Å². The molecular formula is C17H18ClN3O. The number of anilines is 2. The molecule has 0 heterocycles. The molecule has 5 heteroatoms. The van der Waals surface area contributed by atoms with Gasteiger partial charge in [-0.3, -0.25) is 4.79 Å². The molecule has 0 amide bonds. The van der Waals surface area contributed by atoms with Crippen LogP contribution in [0.25, 0.3) is 11.1 Å². The van der Waals surface area contributed by atoms with E-state index in [1.165, 1.54) is 12.8 Å². The number of nitrogen functional groups attached to an aromatic ring is 1. The van der Waals surface area contributed by atoms with E-state index in [9.17, 15) is 4.79 Å². The number of rotatable bonds is 5. The van der Waals surface area contributed by atoms with Crippen LogP contribution in [0.4, 0.5) is 11.4 Å². The van der Waals surface area contributed by atoms with Gasteiger partial charge in [-0.2, -0.15) is 0 Å². The predicted molar refractivity (Wildman–Crippen MR) is 90.9 cm³/mol. The number of hydrazine groups is 1. The van der Waals surface area contributed by atoms with Crippen LogP contribution in [0.2, 0.25) is 5.02 Å². The molecule has 0 spiro atoms. The summed E-state index contributed by atoms with van der Waals surface area (Å²) in [5, 5.41) is 2.17. The minimum absolute atomic E-state index is 0.488. The van der Waals surface area contributed by atoms with E-state index in [2.05, 4.69) is 0 Å². The van der Waals surface area contributed by atoms with Crippen molar-refractivity contribution in [1.82, 2.24) is 0 Å². The Morgan fingerprint density at radius 1 is 1.18 bits per heavy atom. The maximum atomic E-state index is 10.7. The summed E-state index contributed by atoms with van der Waals surface area (Å²) in [6.07, 6.45) is 3.26. The second-order valence-corrected chi connectivity index (χ2v) is 6.07. The lowest BCUT2D eigenvalue weighted by Crippen LogP contribution is -2.33. The Labute approximate surface area is 134 Å². The Bertz CT molecular complexity index is 696. The van der Waals surface area contributed by atoms with E-state index in [1.807, 2.05) is 24.3 Å². The highest BCUT2D eigenvalue weighted by Gasteiger charge is 2.24. The monoisotopic (exact) mass is 315 g/mol. The molecule has 0 bridgehead atoms. The number of carbonyl (C=O) groups excluding carboxylic acids is 1. The highest BCUT2D eigenvalue weighted by atomic mass is 35.5. The van der Waals surface area contributed by atoms with E-state index in [-0.39, 0.29) is 0 Å². The van der Waals surface area contributed by atoms with E-state index < -0.39 is 0 Å². The van der Waals surface area contributed by atoms with Crippen molar-refractivity contribution in [2.45, 2.75) is 12.8 Å². The van der Waals surface area contributed by atoms with Crippen molar-refractivity contribution in [2.75, 3.05) is 17.3 Å². The fourth-order valence-corrected chi connectivity index (χ4v) is 2.74. The molecule has 1 saturated carbocycles. The molecule has 1 aliphatic carbocycles. The van der Waals surface area contributed by atoms with E-state index in [1.54, 1.807) is 17.1 Å². The molecular weight excluding hydrogens is 298 g/mol. The minimum atomic E-state index is 0.488. The first-order valence-electron chi connectivity index (χ1n) is 7.26. The largest absolute Gasteiger partial charge is 0.396 e. The summed E-state index contributed by atoms with van der Waals surface area (Å²) in [4.78, 5) is 10.7. The summed E-state index contributed by atoms with van der Waals surface area (Å²) in [5.74, 6) is 6.75. The molecule has 0 unspecified atom stereocenters. The Balaban J connectivity index is 1.92. The van der Waals surface area contributed by atoms with Gasteiger partial charge in [-0.15, -0.1) is 0 Å². The molecule has 0 saturated heterocycles. The summed E-state index contributed by atoms with van der Waals surface area (Å²) in [5.41, 5.74) is 9.78. The zero-order valence-electron chi connectivity index (χ0n) is 12.1. The molecule has 22 heavy (non-hydrogen) atoms. The number of aldehydes is 1. The van der Waals surface area contributed by atoms with Crippen LogP contribution >= 0.6 is 11.6 Å². The fraction of sp³-hybridized carbons (Fsp3) is 0.235. The Morgan fingerprint density at radius 2 is 1.86 bits per heavy atom. The van der Waals surface area contributed by atoms with Gasteiger partial charge < -0.3 is 10.7 Å². The number of hydrogen-bond donors (Lipinski definition) is 2. The molecule has 4 N–H and O–H groups in total. The van der Waals surface area contributed by atoms with Gasteiger partial charge in [0.1, 0.15) is 6.29 Å². The van der Waals surface area contributed by atoms with Crippen LogP contribution in [0.1, 0.15) is 23.2 Å². The molecule has 0 aliphatic heterocycles. The van der Waals surface area contributed by atoms with Crippen molar-refractivity contribution >= 4 is 29.3 Å². The van der Waals surface area contributed by atoms with Gasteiger partial charge in [-0.05, 0) is 30.4 Å². The molecule has 2 aromatic rings. The maximum absolute atomic E-state index is 10.7. The smallest absolute Gasteiger partial charge is 0.150 e. The van der Waals surface area contributed by atoms with E-state index >= 15 is 0 Å². The normalized spacial score (nSPS) is 13.9. The van der Waals surface area contributed by atoms with Crippen LogP contribution in [-0.4, -0.2) is 12.8 Å². The van der Waals surface area contributed by atoms with Gasteiger partial charge in [0.15, 0.2) is 0 Å². The Morgan fingerprint density at radius 3 is 2.45 bits per heavy atom. The highest BCUT2D eigenvalue weighted by molar-refractivity contribution is 6.36. The highest BCUT2D eigenvalue weighted by Crippen LogP contribution is 2.39. The van der Waals surface area contributed by atoms with Gasteiger partial charge in [0.2, 0.25) is 0 Å². The summed E-state index contributed by atoms with van der Waals surface area (Å²) < 4.78 is 0. The third-order valence-corrected chi connectivity index (χ3v) is 4.38. The number of carbonyl (C=O) groups is 1. The molecule has 0 aromatic heterocycles. The zero-order chi connectivity index (χ0) is 15.7. The molecule has 1 aliphatic rings. The Hall–Kier alpha value is -2.04. The molecule has 3 rings (SSSR count). The molecule has 2 aromatic carbocycles. The summed E-state index contributed by atoms with van der Waals surface area (Å²) in [6.45, 7) is 0.800. The Kier molecular flexibility index (Phi) is 4.05. The number of hydrogen-bond acceptors (Lipinski definition) is 4. The first kappa shape index (κ1) is 14.9. The number of benzene rings is 2. The topological polar surface area (TPSA) is 72.3 Å². The molecule has 114 valence electrons. The van der Waals surface area contributed by atoms with Gasteiger partial charge in [0.05, 0.1) is 16.4 Å². The summed E-state index contributed by atoms with van der Waals surface area (Å²) >= 11 is 6.43. The molecule has 4 nitrogen and oxygen atoms in total. The van der Waals surface area contributed by atoms with Crippen molar-refractivity contribution in [3.05, 3.63) is 47.0 Å². The lowest BCUT2D eigenvalue weighted by molar-refractivity contribution is 0.112. The number of nitrogens with two attached hydrogens (primary N) is 2. The lowest BCUT2D eigenvalue weighted by Gasteiger charge is -2.22. The van der Waals surface area contributed by atoms with Crippen LogP contribution in [0.3, 0.4) is 0 Å². The lowest BCUT2D eigenvalue weighted by atomic mass is 10.0. The average molecular weight is 316 g/mol. The van der Waals surface area contributed by atoms with Crippen LogP contribution in [0.15, 0.2) is 36.4 Å². The van der Waals surface area contributed by atoms with E-state index in [0.717, 1.165) is 29.6 Å². The summed E-state index contributed by atoms with van der Waals surface area (Å²) in [7, 11) is 0. The van der Waals surface area contributed by atoms with Gasteiger partial charge in [0.25, 0.3) is 0 Å². The molecule has 0 atom stereocenters. The standard InChI is InChI=1S/C17H18ClN3O/c18-16-14(13-5-3-12(10-22)4-6-13)7-8-15(17(16)19)21(20)9-11-1-2-11/h3-8,10-11H,1-2,9,19-20H2.